The van der Waals surface area contributed by atoms with Gasteiger partial charge in [0.1, 0.15) is 17.1 Å². The molecule has 0 amide bonds. The number of anilines is 1. The third kappa shape index (κ3) is 4.65. The highest BCUT2D eigenvalue weighted by Gasteiger charge is 2.26. The van der Waals surface area contributed by atoms with Crippen molar-refractivity contribution in [2.24, 2.45) is 0 Å². The highest BCUT2D eigenvalue weighted by atomic mass is 19.1. The Hall–Kier alpha value is -4.59. The number of nitrogens with one attached hydrogen (secondary N) is 1. The van der Waals surface area contributed by atoms with Crippen molar-refractivity contribution >= 4 is 22.8 Å². The molecule has 8 heteroatoms. The first kappa shape index (κ1) is 22.8. The van der Waals surface area contributed by atoms with E-state index >= 15 is 0 Å². The van der Waals surface area contributed by atoms with Crippen molar-refractivity contribution < 1.29 is 13.9 Å². The van der Waals surface area contributed by atoms with Crippen LogP contribution < -0.4 is 10.5 Å². The first-order valence-electron chi connectivity index (χ1n) is 12.1. The fourth-order valence-corrected chi connectivity index (χ4v) is 4.76. The Morgan fingerprint density at radius 2 is 1.95 bits per heavy atom. The summed E-state index contributed by atoms with van der Waals surface area (Å²) in [7, 11) is 0. The van der Waals surface area contributed by atoms with Gasteiger partial charge in [-0.05, 0) is 60.4 Å². The molecule has 0 fully saturated rings. The maximum absolute atomic E-state index is 15.0. The number of fused-ring (bicyclic) bond motifs is 2. The van der Waals surface area contributed by atoms with E-state index in [1.54, 1.807) is 12.1 Å². The van der Waals surface area contributed by atoms with Crippen molar-refractivity contribution in [1.82, 2.24) is 19.9 Å². The number of aryl methyl sites for hydroxylation is 1. The van der Waals surface area contributed by atoms with Crippen LogP contribution in [-0.4, -0.2) is 32.3 Å². The standard InChI is InChI=1S/C29H24FN5O2/c30-22-14-19(23-10-11-32-29(31)34-23)15-24-27(22)35-28(33-24)21-13-20-12-18(7-9-26(20)37-16-21)25(36)8-6-17-4-2-1-3-5-17/h1-5,7,9-12,14-15,21H,6,8,13,16H2,(H,33,35)(H2,31,32,34). The predicted octanol–water partition coefficient (Wildman–Crippen LogP) is 5.28. The monoisotopic (exact) mass is 493 g/mol. The van der Waals surface area contributed by atoms with Gasteiger partial charge in [0.2, 0.25) is 5.95 Å². The second kappa shape index (κ2) is 9.46. The number of rotatable bonds is 6. The van der Waals surface area contributed by atoms with Crippen molar-refractivity contribution in [2.45, 2.75) is 25.2 Å². The minimum absolute atomic E-state index is 0.0949. The Kier molecular flexibility index (Phi) is 5.84. The first-order chi connectivity index (χ1) is 18.0. The summed E-state index contributed by atoms with van der Waals surface area (Å²) in [6.07, 6.45) is 3.31. The van der Waals surface area contributed by atoms with Gasteiger partial charge in [-0.15, -0.1) is 0 Å². The number of Topliss-reactive ketones (excluding diaryl/α,β-unsaturated/α-hetero) is 1. The summed E-state index contributed by atoms with van der Waals surface area (Å²) in [5.41, 5.74) is 10.4. The van der Waals surface area contributed by atoms with Gasteiger partial charge in [0.05, 0.1) is 23.7 Å². The third-order valence-electron chi connectivity index (χ3n) is 6.69. The Labute approximate surface area is 212 Å². The normalized spacial score (nSPS) is 14.8. The van der Waals surface area contributed by atoms with E-state index in [2.05, 4.69) is 19.9 Å². The van der Waals surface area contributed by atoms with Crippen molar-refractivity contribution in [2.75, 3.05) is 12.3 Å². The first-order valence-corrected chi connectivity index (χ1v) is 12.1. The lowest BCUT2D eigenvalue weighted by atomic mass is 9.93. The summed E-state index contributed by atoms with van der Waals surface area (Å²) >= 11 is 0. The molecular weight excluding hydrogens is 469 g/mol. The third-order valence-corrected chi connectivity index (χ3v) is 6.69. The zero-order chi connectivity index (χ0) is 25.4. The van der Waals surface area contributed by atoms with Gasteiger partial charge in [-0.2, -0.15) is 0 Å². The van der Waals surface area contributed by atoms with E-state index in [1.807, 2.05) is 48.5 Å². The quantitative estimate of drug-likeness (QED) is 0.312. The highest BCUT2D eigenvalue weighted by Crippen LogP contribution is 2.34. The molecule has 1 aliphatic rings. The van der Waals surface area contributed by atoms with Crippen molar-refractivity contribution in [3.05, 3.63) is 101 Å². The number of nitrogens with zero attached hydrogens (tertiary/aromatic N) is 3. The summed E-state index contributed by atoms with van der Waals surface area (Å²) in [5, 5.41) is 0. The molecule has 0 saturated carbocycles. The van der Waals surface area contributed by atoms with Crippen molar-refractivity contribution in [1.29, 1.82) is 0 Å². The zero-order valence-corrected chi connectivity index (χ0v) is 19.9. The predicted molar refractivity (Wildman–Crippen MR) is 139 cm³/mol. The minimum Gasteiger partial charge on any atom is -0.493 e. The van der Waals surface area contributed by atoms with Gasteiger partial charge >= 0.3 is 0 Å². The van der Waals surface area contributed by atoms with Gasteiger partial charge in [-0.1, -0.05) is 30.3 Å². The van der Waals surface area contributed by atoms with E-state index in [0.717, 1.165) is 16.9 Å². The number of ketones is 1. The molecule has 0 radical (unpaired) electrons. The number of nitrogen functional groups attached to an aromatic ring is 1. The molecule has 0 saturated heterocycles. The zero-order valence-electron chi connectivity index (χ0n) is 19.9. The second-order valence-electron chi connectivity index (χ2n) is 9.22. The lowest BCUT2D eigenvalue weighted by molar-refractivity contribution is 0.0982. The Morgan fingerprint density at radius 1 is 1.08 bits per heavy atom. The molecule has 0 bridgehead atoms. The molecule has 3 N–H and O–H groups in total. The molecule has 0 spiro atoms. The number of carbonyl (C=O) groups is 1. The van der Waals surface area contributed by atoms with E-state index in [-0.39, 0.29) is 23.2 Å². The molecule has 0 aliphatic carbocycles. The fraction of sp³-hybridized carbons (Fsp3) is 0.172. The number of ether oxygens (including phenoxy) is 1. The molecule has 5 aromatic rings. The summed E-state index contributed by atoms with van der Waals surface area (Å²) in [6, 6.07) is 20.5. The van der Waals surface area contributed by atoms with Crippen LogP contribution >= 0.6 is 0 Å². The van der Waals surface area contributed by atoms with Gasteiger partial charge in [-0.3, -0.25) is 4.79 Å². The fourth-order valence-electron chi connectivity index (χ4n) is 4.76. The molecule has 7 nitrogen and oxygen atoms in total. The van der Waals surface area contributed by atoms with Crippen LogP contribution in [0.2, 0.25) is 0 Å². The molecule has 3 aromatic carbocycles. The number of hydrogen-bond donors (Lipinski definition) is 2. The Bertz CT molecular complexity index is 1620. The number of aromatic amines is 1. The SMILES string of the molecule is Nc1nccc(-c2cc(F)c3nc(C4COc5ccc(C(=O)CCc6ccccc6)cc5C4)[nH]c3c2)n1. The smallest absolute Gasteiger partial charge is 0.220 e. The van der Waals surface area contributed by atoms with E-state index < -0.39 is 5.82 Å². The number of benzene rings is 3. The largest absolute Gasteiger partial charge is 0.493 e. The van der Waals surface area contributed by atoms with E-state index in [1.165, 1.54) is 12.3 Å². The van der Waals surface area contributed by atoms with Gasteiger partial charge in [0.25, 0.3) is 0 Å². The molecule has 1 atom stereocenters. The van der Waals surface area contributed by atoms with E-state index in [0.29, 0.717) is 54.0 Å². The molecule has 1 unspecified atom stereocenters. The number of hydrogen-bond acceptors (Lipinski definition) is 6. The topological polar surface area (TPSA) is 107 Å². The summed E-state index contributed by atoms with van der Waals surface area (Å²) in [6.45, 7) is 0.408. The van der Waals surface area contributed by atoms with E-state index in [9.17, 15) is 9.18 Å². The molecule has 2 aromatic heterocycles. The summed E-state index contributed by atoms with van der Waals surface area (Å²) in [4.78, 5) is 28.8. The molecule has 37 heavy (non-hydrogen) atoms. The molecule has 3 heterocycles. The van der Waals surface area contributed by atoms with Crippen LogP contribution in [0.15, 0.2) is 72.9 Å². The van der Waals surface area contributed by atoms with Gasteiger partial charge in [0, 0.05) is 23.7 Å². The second-order valence-corrected chi connectivity index (χ2v) is 9.22. The molecular formula is C29H24FN5O2. The number of halogens is 1. The van der Waals surface area contributed by atoms with Crippen LogP contribution in [0.1, 0.15) is 39.6 Å². The van der Waals surface area contributed by atoms with Crippen molar-refractivity contribution in [3.63, 3.8) is 0 Å². The van der Waals surface area contributed by atoms with Crippen LogP contribution in [0.25, 0.3) is 22.3 Å². The number of imidazole rings is 1. The van der Waals surface area contributed by atoms with Crippen LogP contribution in [0.4, 0.5) is 10.3 Å². The average Bonchev–Trinajstić information content (AvgIpc) is 3.37. The Balaban J connectivity index is 1.23. The van der Waals surface area contributed by atoms with Gasteiger partial charge in [0.15, 0.2) is 11.6 Å². The van der Waals surface area contributed by atoms with Crippen molar-refractivity contribution in [3.8, 4) is 17.0 Å². The lowest BCUT2D eigenvalue weighted by Crippen LogP contribution is -2.20. The molecule has 184 valence electrons. The van der Waals surface area contributed by atoms with Gasteiger partial charge < -0.3 is 15.5 Å². The molecule has 1 aliphatic heterocycles. The number of carbonyl (C=O) groups excluding carboxylic acids is 1. The van der Waals surface area contributed by atoms with Gasteiger partial charge in [-0.25, -0.2) is 19.3 Å². The Morgan fingerprint density at radius 3 is 2.78 bits per heavy atom. The van der Waals surface area contributed by atoms with E-state index in [4.69, 9.17) is 10.5 Å². The number of nitrogens with two attached hydrogens (primary N) is 1. The van der Waals surface area contributed by atoms with Crippen LogP contribution in [-0.2, 0) is 12.8 Å². The maximum atomic E-state index is 15.0. The summed E-state index contributed by atoms with van der Waals surface area (Å²) in [5.74, 6) is 1.07. The highest BCUT2D eigenvalue weighted by molar-refractivity contribution is 5.96. The number of aromatic nitrogens is 4. The molecule has 6 rings (SSSR count). The van der Waals surface area contributed by atoms with Crippen LogP contribution in [0, 0.1) is 5.82 Å². The number of H-pyrrole nitrogens is 1. The lowest BCUT2D eigenvalue weighted by Gasteiger charge is -2.24. The summed E-state index contributed by atoms with van der Waals surface area (Å²) < 4.78 is 21.0. The average molecular weight is 494 g/mol. The van der Waals surface area contributed by atoms with Crippen LogP contribution in [0.5, 0.6) is 5.75 Å². The van der Waals surface area contributed by atoms with Crippen LogP contribution in [0.3, 0.4) is 0 Å². The minimum atomic E-state index is -0.449. The maximum Gasteiger partial charge on any atom is 0.220 e.